The van der Waals surface area contributed by atoms with Crippen LogP contribution in [0.4, 0.5) is 14.5 Å². The summed E-state index contributed by atoms with van der Waals surface area (Å²) in [6.45, 7) is 2.91. The fourth-order valence-corrected chi connectivity index (χ4v) is 1.85. The number of benzene rings is 1. The second-order valence-corrected chi connectivity index (χ2v) is 5.50. The summed E-state index contributed by atoms with van der Waals surface area (Å²) in [6.07, 6.45) is 2.29. The zero-order valence-corrected chi connectivity index (χ0v) is 12.5. The Morgan fingerprint density at radius 2 is 2.04 bits per heavy atom. The van der Waals surface area contributed by atoms with E-state index in [-0.39, 0.29) is 17.7 Å². The molecule has 0 aliphatic heterocycles. The molecule has 2 rings (SSSR count). The number of anilines is 1. The molecule has 0 saturated carbocycles. The largest absolute Gasteiger partial charge is 0.479 e. The molecule has 23 heavy (non-hydrogen) atoms. The van der Waals surface area contributed by atoms with Gasteiger partial charge in [-0.25, -0.2) is 13.6 Å². The van der Waals surface area contributed by atoms with E-state index in [0.717, 1.165) is 18.2 Å². The average Bonchev–Trinajstić information content (AvgIpc) is 2.91. The van der Waals surface area contributed by atoms with Crippen molar-refractivity contribution in [2.75, 3.05) is 5.32 Å². The number of aliphatic carboxylic acids is 1. The van der Waals surface area contributed by atoms with Gasteiger partial charge in [0.1, 0.15) is 11.6 Å². The van der Waals surface area contributed by atoms with Gasteiger partial charge in [0.2, 0.25) is 5.91 Å². The van der Waals surface area contributed by atoms with Crippen molar-refractivity contribution in [1.29, 1.82) is 0 Å². The Morgan fingerprint density at radius 3 is 2.70 bits per heavy atom. The molecule has 8 heteroatoms. The third-order valence-corrected chi connectivity index (χ3v) is 3.32. The minimum absolute atomic E-state index is 0.0687. The number of carbonyl (C=O) groups is 2. The van der Waals surface area contributed by atoms with Crippen LogP contribution in [0.25, 0.3) is 0 Å². The normalized spacial score (nSPS) is 11.3. The number of carboxylic acid groups (broad SMARTS) is 1. The van der Waals surface area contributed by atoms with Gasteiger partial charge in [0, 0.05) is 11.8 Å². The van der Waals surface area contributed by atoms with E-state index in [0.29, 0.717) is 0 Å². The summed E-state index contributed by atoms with van der Waals surface area (Å²) < 4.78 is 27.7. The maximum atomic E-state index is 13.5. The van der Waals surface area contributed by atoms with Crippen molar-refractivity contribution in [1.82, 2.24) is 9.78 Å². The highest BCUT2D eigenvalue weighted by Gasteiger charge is 2.30. The van der Waals surface area contributed by atoms with E-state index < -0.39 is 29.0 Å². The molecule has 6 nitrogen and oxygen atoms in total. The third kappa shape index (κ3) is 3.71. The Morgan fingerprint density at radius 1 is 1.35 bits per heavy atom. The van der Waals surface area contributed by atoms with Crippen molar-refractivity contribution >= 4 is 17.6 Å². The molecule has 2 N–H and O–H groups in total. The molecule has 1 aromatic heterocycles. The van der Waals surface area contributed by atoms with Gasteiger partial charge in [-0.15, -0.1) is 0 Å². The van der Waals surface area contributed by atoms with E-state index in [1.165, 1.54) is 30.9 Å². The SMILES string of the molecule is CC(C)(C(=O)O)n1cc(NC(=O)Cc2cc(F)ccc2F)cn1. The van der Waals surface area contributed by atoms with Crippen LogP contribution >= 0.6 is 0 Å². The number of rotatable bonds is 5. The average molecular weight is 323 g/mol. The molecule has 1 aromatic carbocycles. The first kappa shape index (κ1) is 16.6. The number of nitrogens with zero attached hydrogens (tertiary/aromatic N) is 2. The number of carbonyl (C=O) groups excluding carboxylic acids is 1. The van der Waals surface area contributed by atoms with Gasteiger partial charge in [-0.3, -0.25) is 9.48 Å². The molecule has 2 aromatic rings. The highest BCUT2D eigenvalue weighted by atomic mass is 19.1. The lowest BCUT2D eigenvalue weighted by Crippen LogP contribution is -2.35. The van der Waals surface area contributed by atoms with Crippen LogP contribution in [-0.4, -0.2) is 26.8 Å². The minimum atomic E-state index is -1.28. The predicted molar refractivity (Wildman–Crippen MR) is 77.9 cm³/mol. The Balaban J connectivity index is 2.08. The topological polar surface area (TPSA) is 84.2 Å². The molecule has 0 saturated heterocycles. The summed E-state index contributed by atoms with van der Waals surface area (Å²) in [6, 6.07) is 2.87. The Hall–Kier alpha value is -2.77. The maximum absolute atomic E-state index is 13.5. The van der Waals surface area contributed by atoms with Gasteiger partial charge in [-0.05, 0) is 32.0 Å². The van der Waals surface area contributed by atoms with Crippen molar-refractivity contribution < 1.29 is 23.5 Å². The molecule has 0 spiro atoms. The molecule has 0 fully saturated rings. The van der Waals surface area contributed by atoms with Gasteiger partial charge < -0.3 is 10.4 Å². The smallest absolute Gasteiger partial charge is 0.331 e. The zero-order valence-electron chi connectivity index (χ0n) is 12.5. The number of hydrogen-bond donors (Lipinski definition) is 2. The summed E-state index contributed by atoms with van der Waals surface area (Å²) in [5.41, 5.74) is -1.08. The summed E-state index contributed by atoms with van der Waals surface area (Å²) in [7, 11) is 0. The molecule has 0 unspecified atom stereocenters. The third-order valence-electron chi connectivity index (χ3n) is 3.32. The molecule has 1 heterocycles. The summed E-state index contributed by atoms with van der Waals surface area (Å²) in [5, 5.41) is 15.5. The van der Waals surface area contributed by atoms with Crippen LogP contribution in [0.15, 0.2) is 30.6 Å². The van der Waals surface area contributed by atoms with E-state index in [9.17, 15) is 18.4 Å². The number of nitrogens with one attached hydrogen (secondary N) is 1. The van der Waals surface area contributed by atoms with E-state index in [1.807, 2.05) is 0 Å². The standard InChI is InChI=1S/C15H15F2N3O3/c1-15(2,14(22)23)20-8-11(7-18-20)19-13(21)6-9-5-10(16)3-4-12(9)17/h3-5,7-8H,6H2,1-2H3,(H,19,21)(H,22,23). The molecule has 0 bridgehead atoms. The first-order chi connectivity index (χ1) is 10.7. The molecule has 122 valence electrons. The van der Waals surface area contributed by atoms with Crippen LogP contribution in [0.1, 0.15) is 19.4 Å². The van der Waals surface area contributed by atoms with E-state index in [2.05, 4.69) is 10.4 Å². The van der Waals surface area contributed by atoms with Crippen molar-refractivity contribution in [3.63, 3.8) is 0 Å². The first-order valence-corrected chi connectivity index (χ1v) is 6.72. The molecular formula is C15H15F2N3O3. The van der Waals surface area contributed by atoms with Gasteiger partial charge in [-0.1, -0.05) is 0 Å². The van der Waals surface area contributed by atoms with Crippen LogP contribution < -0.4 is 5.32 Å². The molecule has 1 amide bonds. The monoisotopic (exact) mass is 323 g/mol. The number of halogens is 2. The van der Waals surface area contributed by atoms with Gasteiger partial charge in [0.05, 0.1) is 18.3 Å². The van der Waals surface area contributed by atoms with E-state index in [4.69, 9.17) is 5.11 Å². The zero-order chi connectivity index (χ0) is 17.2. The molecule has 0 aliphatic carbocycles. The van der Waals surface area contributed by atoms with Crippen LogP contribution in [0.5, 0.6) is 0 Å². The van der Waals surface area contributed by atoms with Crippen molar-refractivity contribution in [3.05, 3.63) is 47.8 Å². The fraction of sp³-hybridized carbons (Fsp3) is 0.267. The van der Waals surface area contributed by atoms with Gasteiger partial charge in [0.25, 0.3) is 0 Å². The first-order valence-electron chi connectivity index (χ1n) is 6.72. The van der Waals surface area contributed by atoms with E-state index in [1.54, 1.807) is 0 Å². The number of carboxylic acids is 1. The fourth-order valence-electron chi connectivity index (χ4n) is 1.85. The summed E-state index contributed by atoms with van der Waals surface area (Å²) >= 11 is 0. The second kappa shape index (κ2) is 6.15. The Kier molecular flexibility index (Phi) is 4.44. The van der Waals surface area contributed by atoms with Gasteiger partial charge in [0.15, 0.2) is 5.54 Å². The second-order valence-electron chi connectivity index (χ2n) is 5.50. The minimum Gasteiger partial charge on any atom is -0.479 e. The number of hydrogen-bond acceptors (Lipinski definition) is 3. The highest BCUT2D eigenvalue weighted by Crippen LogP contribution is 2.18. The lowest BCUT2D eigenvalue weighted by atomic mass is 10.1. The van der Waals surface area contributed by atoms with Gasteiger partial charge >= 0.3 is 5.97 Å². The van der Waals surface area contributed by atoms with Crippen LogP contribution in [0, 0.1) is 11.6 Å². The van der Waals surface area contributed by atoms with Crippen LogP contribution in [-0.2, 0) is 21.5 Å². The van der Waals surface area contributed by atoms with Crippen LogP contribution in [0.3, 0.4) is 0 Å². The quantitative estimate of drug-likeness (QED) is 0.883. The lowest BCUT2D eigenvalue weighted by molar-refractivity contribution is -0.146. The number of amides is 1. The van der Waals surface area contributed by atoms with Gasteiger partial charge in [-0.2, -0.15) is 5.10 Å². The van der Waals surface area contributed by atoms with E-state index >= 15 is 0 Å². The summed E-state index contributed by atoms with van der Waals surface area (Å²) in [5.74, 6) is -2.96. The Bertz CT molecular complexity index is 756. The Labute approximate surface area is 130 Å². The number of aromatic nitrogens is 2. The molecular weight excluding hydrogens is 308 g/mol. The maximum Gasteiger partial charge on any atom is 0.331 e. The van der Waals surface area contributed by atoms with Crippen molar-refractivity contribution in [2.24, 2.45) is 0 Å². The lowest BCUT2D eigenvalue weighted by Gasteiger charge is -2.19. The van der Waals surface area contributed by atoms with Crippen LogP contribution in [0.2, 0.25) is 0 Å². The molecule has 0 radical (unpaired) electrons. The summed E-state index contributed by atoms with van der Waals surface area (Å²) in [4.78, 5) is 23.0. The molecule has 0 aliphatic rings. The predicted octanol–water partition coefficient (Wildman–Crippen LogP) is 2.16. The highest BCUT2D eigenvalue weighted by molar-refractivity contribution is 5.92. The molecule has 0 atom stereocenters. The van der Waals surface area contributed by atoms with Crippen molar-refractivity contribution in [3.8, 4) is 0 Å². The van der Waals surface area contributed by atoms with Crippen molar-refractivity contribution in [2.45, 2.75) is 25.8 Å².